The highest BCUT2D eigenvalue weighted by molar-refractivity contribution is 5.69. The maximum absolute atomic E-state index is 11.9. The van der Waals surface area contributed by atoms with Crippen molar-refractivity contribution >= 4 is 11.2 Å². The summed E-state index contributed by atoms with van der Waals surface area (Å²) in [7, 11) is 1.46. The van der Waals surface area contributed by atoms with Gasteiger partial charge in [-0.05, 0) is 13.5 Å². The molecule has 17 heavy (non-hydrogen) atoms. The van der Waals surface area contributed by atoms with Gasteiger partial charge in [-0.2, -0.15) is 0 Å². The fourth-order valence-corrected chi connectivity index (χ4v) is 1.82. The van der Waals surface area contributed by atoms with E-state index < -0.39 is 0 Å². The molecule has 0 amide bonds. The first-order valence-corrected chi connectivity index (χ1v) is 5.48. The van der Waals surface area contributed by atoms with Gasteiger partial charge in [0.05, 0.1) is 0 Å². The lowest BCUT2D eigenvalue weighted by Gasteiger charge is -2.04. The highest BCUT2D eigenvalue weighted by Gasteiger charge is 2.13. The molecule has 0 fully saturated rings. The number of H-pyrrole nitrogens is 1. The Labute approximate surface area is 96.9 Å². The highest BCUT2D eigenvalue weighted by atomic mass is 16.2. The van der Waals surface area contributed by atoms with Crippen molar-refractivity contribution in [3.63, 3.8) is 0 Å². The van der Waals surface area contributed by atoms with Crippen molar-refractivity contribution in [2.75, 3.05) is 6.54 Å². The van der Waals surface area contributed by atoms with Gasteiger partial charge in [0.15, 0.2) is 5.65 Å². The summed E-state index contributed by atoms with van der Waals surface area (Å²) < 4.78 is 2.55. The van der Waals surface area contributed by atoms with E-state index in [4.69, 9.17) is 5.73 Å². The van der Waals surface area contributed by atoms with Crippen LogP contribution in [0.5, 0.6) is 0 Å². The van der Waals surface area contributed by atoms with Crippen molar-refractivity contribution in [3.05, 3.63) is 26.7 Å². The molecular formula is C10H15N5O2. The van der Waals surface area contributed by atoms with Gasteiger partial charge in [0.1, 0.15) is 11.3 Å². The molecule has 0 radical (unpaired) electrons. The molecule has 0 aliphatic rings. The number of fused-ring (bicyclic) bond motifs is 1. The van der Waals surface area contributed by atoms with Crippen LogP contribution in [0, 0.1) is 0 Å². The number of rotatable bonds is 3. The SMILES string of the molecule is CCn1c(=O)n(C)c(=O)c2[nH]c(CCN)nc21. The molecule has 2 aromatic rings. The summed E-state index contributed by atoms with van der Waals surface area (Å²) in [4.78, 5) is 30.9. The van der Waals surface area contributed by atoms with Gasteiger partial charge in [0.2, 0.25) is 0 Å². The average Bonchev–Trinajstić information content (AvgIpc) is 2.71. The number of nitrogens with zero attached hydrogens (tertiary/aromatic N) is 3. The molecule has 0 saturated heterocycles. The third-order valence-corrected chi connectivity index (χ3v) is 2.72. The zero-order valence-corrected chi connectivity index (χ0v) is 9.86. The summed E-state index contributed by atoms with van der Waals surface area (Å²) in [5.74, 6) is 0.632. The predicted octanol–water partition coefficient (Wildman–Crippen LogP) is -1.06. The third kappa shape index (κ3) is 1.68. The van der Waals surface area contributed by atoms with Gasteiger partial charge in [0, 0.05) is 20.0 Å². The average molecular weight is 237 g/mol. The molecule has 0 aliphatic carbocycles. The minimum absolute atomic E-state index is 0.351. The lowest BCUT2D eigenvalue weighted by molar-refractivity contribution is 0.652. The number of nitrogens with two attached hydrogens (primary N) is 1. The number of hydrogen-bond acceptors (Lipinski definition) is 4. The topological polar surface area (TPSA) is 98.7 Å². The Kier molecular flexibility index (Phi) is 2.84. The second-order valence-electron chi connectivity index (χ2n) is 3.81. The zero-order chi connectivity index (χ0) is 12.6. The highest BCUT2D eigenvalue weighted by Crippen LogP contribution is 2.05. The molecule has 3 N–H and O–H groups in total. The first kappa shape index (κ1) is 11.6. The van der Waals surface area contributed by atoms with Crippen molar-refractivity contribution in [1.29, 1.82) is 0 Å². The van der Waals surface area contributed by atoms with E-state index in [1.807, 2.05) is 6.92 Å². The van der Waals surface area contributed by atoms with Crippen LogP contribution in [0.25, 0.3) is 11.2 Å². The van der Waals surface area contributed by atoms with Gasteiger partial charge in [-0.1, -0.05) is 0 Å². The van der Waals surface area contributed by atoms with Gasteiger partial charge in [-0.3, -0.25) is 13.9 Å². The Morgan fingerprint density at radius 2 is 2.12 bits per heavy atom. The van der Waals surface area contributed by atoms with Crippen LogP contribution in [0.15, 0.2) is 9.59 Å². The predicted molar refractivity (Wildman–Crippen MR) is 64.0 cm³/mol. The van der Waals surface area contributed by atoms with Crippen LogP contribution in [0.4, 0.5) is 0 Å². The minimum atomic E-state index is -0.356. The van der Waals surface area contributed by atoms with Crippen molar-refractivity contribution in [1.82, 2.24) is 19.1 Å². The van der Waals surface area contributed by atoms with Crippen LogP contribution in [-0.2, 0) is 20.0 Å². The fourth-order valence-electron chi connectivity index (χ4n) is 1.82. The maximum Gasteiger partial charge on any atom is 0.332 e. The standard InChI is InChI=1S/C10H15N5O2/c1-3-15-8-7(9(16)14(2)10(15)17)12-6(13-8)4-5-11/h3-5,11H2,1-2H3,(H,12,13). The quantitative estimate of drug-likeness (QED) is 0.711. The normalized spacial score (nSPS) is 11.2. The summed E-state index contributed by atoms with van der Waals surface area (Å²) in [5.41, 5.74) is 5.50. The smallest absolute Gasteiger partial charge is 0.332 e. The number of aromatic nitrogens is 4. The maximum atomic E-state index is 11.9. The van der Waals surface area contributed by atoms with Gasteiger partial charge in [0.25, 0.3) is 5.56 Å². The summed E-state index contributed by atoms with van der Waals surface area (Å²) in [5, 5.41) is 0. The molecule has 0 aliphatic heterocycles. The van der Waals surface area contributed by atoms with Crippen LogP contribution in [0.1, 0.15) is 12.7 Å². The number of hydrogen-bond donors (Lipinski definition) is 2. The van der Waals surface area contributed by atoms with E-state index in [0.29, 0.717) is 36.5 Å². The second-order valence-corrected chi connectivity index (χ2v) is 3.81. The van der Waals surface area contributed by atoms with Crippen molar-refractivity contribution < 1.29 is 0 Å². The molecule has 0 spiro atoms. The van der Waals surface area contributed by atoms with Gasteiger partial charge < -0.3 is 10.7 Å². The number of nitrogens with one attached hydrogen (secondary N) is 1. The van der Waals surface area contributed by atoms with Gasteiger partial charge in [-0.25, -0.2) is 9.78 Å². The summed E-state index contributed by atoms with van der Waals surface area (Å²) in [6.45, 7) is 2.75. The van der Waals surface area contributed by atoms with Crippen molar-refractivity contribution in [3.8, 4) is 0 Å². The molecule has 0 bridgehead atoms. The third-order valence-electron chi connectivity index (χ3n) is 2.72. The number of imidazole rings is 1. The van der Waals surface area contributed by atoms with E-state index in [-0.39, 0.29) is 11.2 Å². The molecule has 0 unspecified atom stereocenters. The molecule has 7 nitrogen and oxygen atoms in total. The molecule has 92 valence electrons. The number of aromatic amines is 1. The fraction of sp³-hybridized carbons (Fsp3) is 0.500. The van der Waals surface area contributed by atoms with Crippen LogP contribution < -0.4 is 17.0 Å². The lowest BCUT2D eigenvalue weighted by Crippen LogP contribution is -2.37. The Balaban J connectivity index is 2.87. The van der Waals surface area contributed by atoms with Gasteiger partial charge >= 0.3 is 5.69 Å². The van der Waals surface area contributed by atoms with E-state index >= 15 is 0 Å². The van der Waals surface area contributed by atoms with Crippen LogP contribution >= 0.6 is 0 Å². The van der Waals surface area contributed by atoms with E-state index in [1.54, 1.807) is 0 Å². The monoisotopic (exact) mass is 237 g/mol. The molecule has 2 rings (SSSR count). The molecular weight excluding hydrogens is 222 g/mol. The Morgan fingerprint density at radius 1 is 1.41 bits per heavy atom. The van der Waals surface area contributed by atoms with Crippen molar-refractivity contribution in [2.45, 2.75) is 19.9 Å². The van der Waals surface area contributed by atoms with Crippen molar-refractivity contribution in [2.24, 2.45) is 12.8 Å². The minimum Gasteiger partial charge on any atom is -0.336 e. The largest absolute Gasteiger partial charge is 0.336 e. The summed E-state index contributed by atoms with van der Waals surface area (Å²) in [6, 6.07) is 0. The molecule has 2 aromatic heterocycles. The Bertz CT molecular complexity index is 664. The zero-order valence-electron chi connectivity index (χ0n) is 9.86. The van der Waals surface area contributed by atoms with Gasteiger partial charge in [-0.15, -0.1) is 0 Å². The first-order valence-electron chi connectivity index (χ1n) is 5.48. The molecule has 2 heterocycles. The van der Waals surface area contributed by atoms with Crippen LogP contribution in [-0.4, -0.2) is 25.6 Å². The van der Waals surface area contributed by atoms with Crippen LogP contribution in [0.2, 0.25) is 0 Å². The van der Waals surface area contributed by atoms with E-state index in [9.17, 15) is 9.59 Å². The van der Waals surface area contributed by atoms with E-state index in [2.05, 4.69) is 9.97 Å². The first-order chi connectivity index (χ1) is 8.10. The van der Waals surface area contributed by atoms with E-state index in [1.165, 1.54) is 11.6 Å². The second kappa shape index (κ2) is 4.17. The van der Waals surface area contributed by atoms with E-state index in [0.717, 1.165) is 4.57 Å². The molecule has 0 saturated carbocycles. The number of aryl methyl sites for hydroxylation is 1. The molecule has 0 atom stereocenters. The Morgan fingerprint density at radius 3 is 2.71 bits per heavy atom. The summed E-state index contributed by atoms with van der Waals surface area (Å²) >= 11 is 0. The van der Waals surface area contributed by atoms with Crippen LogP contribution in [0.3, 0.4) is 0 Å². The molecule has 7 heteroatoms. The lowest BCUT2D eigenvalue weighted by atomic mass is 10.4. The summed E-state index contributed by atoms with van der Waals surface area (Å²) in [6.07, 6.45) is 0.551. The Hall–Kier alpha value is -1.89. The molecule has 0 aromatic carbocycles.